The summed E-state index contributed by atoms with van der Waals surface area (Å²) < 4.78 is 13.1. The Morgan fingerprint density at radius 3 is 2.68 bits per heavy atom. The van der Waals surface area contributed by atoms with Crippen LogP contribution in [0.2, 0.25) is 0 Å². The molecule has 0 saturated carbocycles. The number of rotatable bonds is 7. The first-order valence-electron chi connectivity index (χ1n) is 8.67. The molecule has 1 aromatic carbocycles. The Morgan fingerprint density at radius 1 is 1.21 bits per heavy atom. The Hall–Kier alpha value is -2.87. The van der Waals surface area contributed by atoms with Crippen LogP contribution in [0.25, 0.3) is 0 Å². The third-order valence-corrected chi connectivity index (χ3v) is 5.05. The number of anilines is 1. The van der Waals surface area contributed by atoms with Gasteiger partial charge in [-0.15, -0.1) is 0 Å². The highest BCUT2D eigenvalue weighted by molar-refractivity contribution is 9.10. The molecular weight excluding hydrogens is 424 g/mol. The first kappa shape index (κ1) is 19.9. The number of hydrogen-bond donors (Lipinski definition) is 1. The van der Waals surface area contributed by atoms with Crippen LogP contribution in [0.4, 0.5) is 5.69 Å². The minimum absolute atomic E-state index is 0.0756. The lowest BCUT2D eigenvalue weighted by Crippen LogP contribution is -2.22. The van der Waals surface area contributed by atoms with Crippen LogP contribution in [-0.2, 0) is 13.7 Å². The molecule has 1 N–H and O–H groups in total. The number of pyridine rings is 1. The van der Waals surface area contributed by atoms with Gasteiger partial charge in [-0.25, -0.2) is 4.68 Å². The Morgan fingerprint density at radius 2 is 1.96 bits per heavy atom. The molecule has 3 rings (SSSR count). The molecule has 8 heteroatoms. The number of aryl methyl sites for hydroxylation is 1. The van der Waals surface area contributed by atoms with Gasteiger partial charge in [0.1, 0.15) is 11.1 Å². The summed E-state index contributed by atoms with van der Waals surface area (Å²) in [7, 11) is 3.22. The fourth-order valence-corrected chi connectivity index (χ4v) is 3.11. The highest BCUT2D eigenvalue weighted by Crippen LogP contribution is 2.32. The first-order chi connectivity index (χ1) is 13.5. The van der Waals surface area contributed by atoms with Crippen LogP contribution in [-0.4, -0.2) is 21.9 Å². The summed E-state index contributed by atoms with van der Waals surface area (Å²) in [5.41, 5.74) is 2.45. The highest BCUT2D eigenvalue weighted by atomic mass is 79.9. The molecule has 28 heavy (non-hydrogen) atoms. The Balaban J connectivity index is 1.75. The van der Waals surface area contributed by atoms with Crippen LogP contribution in [0.15, 0.2) is 58.2 Å². The van der Waals surface area contributed by atoms with E-state index in [4.69, 9.17) is 9.47 Å². The molecule has 1 atom stereocenters. The molecule has 3 aromatic rings. The van der Waals surface area contributed by atoms with E-state index in [-0.39, 0.29) is 11.6 Å². The molecule has 0 spiro atoms. The summed E-state index contributed by atoms with van der Waals surface area (Å²) in [6, 6.07) is 9.50. The number of halogens is 1. The highest BCUT2D eigenvalue weighted by Gasteiger charge is 2.14. The first-order valence-corrected chi connectivity index (χ1v) is 9.47. The lowest BCUT2D eigenvalue weighted by atomic mass is 10.1. The van der Waals surface area contributed by atoms with Crippen molar-refractivity contribution in [1.82, 2.24) is 14.8 Å². The summed E-state index contributed by atoms with van der Waals surface area (Å²) in [6.45, 7) is 2.42. The number of methoxy groups -OCH3 is 1. The van der Waals surface area contributed by atoms with Crippen molar-refractivity contribution < 1.29 is 9.47 Å². The zero-order valence-electron chi connectivity index (χ0n) is 15.8. The number of nitrogens with zero attached hydrogens (tertiary/aromatic N) is 3. The average molecular weight is 445 g/mol. The van der Waals surface area contributed by atoms with Crippen LogP contribution in [0, 0.1) is 0 Å². The molecule has 0 saturated heterocycles. The summed E-state index contributed by atoms with van der Waals surface area (Å²) in [5.74, 6) is 1.30. The molecule has 1 unspecified atom stereocenters. The van der Waals surface area contributed by atoms with Crippen LogP contribution < -0.4 is 20.3 Å². The number of ether oxygens (including phenoxy) is 2. The van der Waals surface area contributed by atoms with E-state index in [1.165, 1.54) is 4.68 Å². The minimum atomic E-state index is -0.199. The van der Waals surface area contributed by atoms with Crippen LogP contribution in [0.5, 0.6) is 11.5 Å². The van der Waals surface area contributed by atoms with Gasteiger partial charge in [-0.3, -0.25) is 9.78 Å². The van der Waals surface area contributed by atoms with Gasteiger partial charge in [-0.2, -0.15) is 5.10 Å². The van der Waals surface area contributed by atoms with Crippen molar-refractivity contribution in [2.24, 2.45) is 7.05 Å². The van der Waals surface area contributed by atoms with Gasteiger partial charge in [-0.1, -0.05) is 6.07 Å². The molecule has 7 nitrogen and oxygen atoms in total. The van der Waals surface area contributed by atoms with E-state index in [0.717, 1.165) is 11.1 Å². The van der Waals surface area contributed by atoms with Gasteiger partial charge in [0.05, 0.1) is 19.0 Å². The van der Waals surface area contributed by atoms with Crippen molar-refractivity contribution in [3.63, 3.8) is 0 Å². The number of nitrogens with one attached hydrogen (secondary N) is 1. The largest absolute Gasteiger partial charge is 0.493 e. The summed E-state index contributed by atoms with van der Waals surface area (Å²) in [4.78, 5) is 16.0. The van der Waals surface area contributed by atoms with Gasteiger partial charge in [0.15, 0.2) is 11.5 Å². The second kappa shape index (κ2) is 8.88. The third kappa shape index (κ3) is 4.51. The quantitative estimate of drug-likeness (QED) is 0.598. The standard InChI is InChI=1S/C20H21BrN4O3/c1-13(24-16-11-23-25(2)20(26)19(16)21)15-4-5-17(18(10-15)27-3)28-12-14-6-8-22-9-7-14/h4-11,13,24H,12H2,1-3H3. The fraction of sp³-hybridized carbons (Fsp3) is 0.250. The van der Waals surface area contributed by atoms with E-state index in [0.29, 0.717) is 28.3 Å². The van der Waals surface area contributed by atoms with Crippen molar-refractivity contribution in [2.45, 2.75) is 19.6 Å². The Kier molecular flexibility index (Phi) is 6.30. The monoisotopic (exact) mass is 444 g/mol. The maximum absolute atomic E-state index is 12.0. The lowest BCUT2D eigenvalue weighted by molar-refractivity contribution is 0.284. The molecule has 146 valence electrons. The van der Waals surface area contributed by atoms with Gasteiger partial charge < -0.3 is 14.8 Å². The molecular formula is C20H21BrN4O3. The zero-order valence-corrected chi connectivity index (χ0v) is 17.4. The molecule has 0 radical (unpaired) electrons. The zero-order chi connectivity index (χ0) is 20.1. The second-order valence-electron chi connectivity index (χ2n) is 6.22. The van der Waals surface area contributed by atoms with Gasteiger partial charge in [0, 0.05) is 25.5 Å². The number of aromatic nitrogens is 3. The fourth-order valence-electron chi connectivity index (χ4n) is 2.64. The predicted octanol–water partition coefficient (Wildman–Crippen LogP) is 3.70. The van der Waals surface area contributed by atoms with Crippen LogP contribution in [0.1, 0.15) is 24.1 Å². The lowest BCUT2D eigenvalue weighted by Gasteiger charge is -2.18. The average Bonchev–Trinajstić information content (AvgIpc) is 2.73. The number of benzene rings is 1. The molecule has 2 aromatic heterocycles. The Labute approximate surface area is 171 Å². The molecule has 0 amide bonds. The van der Waals surface area contributed by atoms with Gasteiger partial charge in [0.2, 0.25) is 0 Å². The SMILES string of the molecule is COc1cc(C(C)Nc2cnn(C)c(=O)c2Br)ccc1OCc1ccncc1. The van der Waals surface area contributed by atoms with E-state index in [1.807, 2.05) is 37.3 Å². The van der Waals surface area contributed by atoms with E-state index in [1.54, 1.807) is 32.7 Å². The normalized spacial score (nSPS) is 11.7. The van der Waals surface area contributed by atoms with E-state index in [2.05, 4.69) is 31.3 Å². The van der Waals surface area contributed by atoms with Gasteiger partial charge in [-0.05, 0) is 58.2 Å². The summed E-state index contributed by atoms with van der Waals surface area (Å²) in [5, 5.41) is 7.35. The van der Waals surface area contributed by atoms with Crippen LogP contribution >= 0.6 is 15.9 Å². The smallest absolute Gasteiger partial charge is 0.282 e. The van der Waals surface area contributed by atoms with E-state index < -0.39 is 0 Å². The van der Waals surface area contributed by atoms with E-state index in [9.17, 15) is 4.79 Å². The Bertz CT molecular complexity index is 1010. The van der Waals surface area contributed by atoms with Gasteiger partial charge >= 0.3 is 0 Å². The van der Waals surface area contributed by atoms with E-state index >= 15 is 0 Å². The van der Waals surface area contributed by atoms with Crippen molar-refractivity contribution in [3.8, 4) is 11.5 Å². The summed E-state index contributed by atoms with van der Waals surface area (Å²) >= 11 is 3.33. The molecule has 2 heterocycles. The molecule has 0 aliphatic rings. The summed E-state index contributed by atoms with van der Waals surface area (Å²) in [6.07, 6.45) is 5.08. The van der Waals surface area contributed by atoms with Crippen molar-refractivity contribution in [3.05, 3.63) is 74.9 Å². The van der Waals surface area contributed by atoms with Crippen molar-refractivity contribution in [2.75, 3.05) is 12.4 Å². The second-order valence-corrected chi connectivity index (χ2v) is 7.01. The maximum Gasteiger partial charge on any atom is 0.282 e. The molecule has 0 fully saturated rings. The minimum Gasteiger partial charge on any atom is -0.493 e. The molecule has 0 aliphatic carbocycles. The molecule has 0 aliphatic heterocycles. The van der Waals surface area contributed by atoms with Crippen molar-refractivity contribution in [1.29, 1.82) is 0 Å². The third-order valence-electron chi connectivity index (χ3n) is 4.28. The number of hydrogen-bond acceptors (Lipinski definition) is 6. The predicted molar refractivity (Wildman–Crippen MR) is 111 cm³/mol. The topological polar surface area (TPSA) is 78.3 Å². The maximum atomic E-state index is 12.0. The van der Waals surface area contributed by atoms with Crippen molar-refractivity contribution >= 4 is 21.6 Å². The van der Waals surface area contributed by atoms with Crippen LogP contribution in [0.3, 0.4) is 0 Å². The van der Waals surface area contributed by atoms with Gasteiger partial charge in [0.25, 0.3) is 5.56 Å². The molecule has 0 bridgehead atoms.